The zero-order chi connectivity index (χ0) is 13.7. The topological polar surface area (TPSA) is 54.7 Å². The number of hydrogen-bond donors (Lipinski definition) is 1. The highest BCUT2D eigenvalue weighted by molar-refractivity contribution is 5.75. The minimum Gasteiger partial charge on any atom is -0.468 e. The summed E-state index contributed by atoms with van der Waals surface area (Å²) >= 11 is 0. The summed E-state index contributed by atoms with van der Waals surface area (Å²) in [5, 5.41) is 3.22. The second-order valence-corrected chi connectivity index (χ2v) is 4.93. The molecule has 106 valence electrons. The summed E-state index contributed by atoms with van der Waals surface area (Å²) in [5.74, 6) is 0.714. The van der Waals surface area contributed by atoms with Gasteiger partial charge in [0.15, 0.2) is 0 Å². The van der Waals surface area contributed by atoms with Crippen LogP contribution in [0.1, 0.15) is 31.6 Å². The summed E-state index contributed by atoms with van der Waals surface area (Å²) in [6.45, 7) is 4.66. The molecule has 1 aliphatic heterocycles. The Kier molecular flexibility index (Phi) is 4.99. The molecule has 5 nitrogen and oxygen atoms in total. The van der Waals surface area contributed by atoms with Crippen LogP contribution in [0.25, 0.3) is 0 Å². The maximum atomic E-state index is 11.4. The molecule has 1 aromatic rings. The van der Waals surface area contributed by atoms with Crippen molar-refractivity contribution in [2.75, 3.05) is 26.7 Å². The van der Waals surface area contributed by atoms with Crippen LogP contribution in [0.3, 0.4) is 0 Å². The van der Waals surface area contributed by atoms with E-state index in [1.165, 1.54) is 20.0 Å². The molecular weight excluding hydrogens is 244 g/mol. The minimum absolute atomic E-state index is 0.185. The van der Waals surface area contributed by atoms with E-state index in [1.807, 2.05) is 19.1 Å². The zero-order valence-electron chi connectivity index (χ0n) is 11.6. The van der Waals surface area contributed by atoms with Crippen molar-refractivity contribution in [2.24, 2.45) is 0 Å². The Hall–Kier alpha value is -1.33. The third-order valence-corrected chi connectivity index (χ3v) is 3.63. The van der Waals surface area contributed by atoms with Crippen LogP contribution in [0.2, 0.25) is 0 Å². The van der Waals surface area contributed by atoms with Crippen LogP contribution in [0.15, 0.2) is 22.8 Å². The van der Waals surface area contributed by atoms with Crippen molar-refractivity contribution in [2.45, 2.75) is 31.8 Å². The molecular formula is C14H22N2O3. The average molecular weight is 266 g/mol. The predicted molar refractivity (Wildman–Crippen MR) is 71.7 cm³/mol. The molecule has 0 bridgehead atoms. The van der Waals surface area contributed by atoms with Crippen LogP contribution >= 0.6 is 0 Å². The van der Waals surface area contributed by atoms with Crippen LogP contribution in [-0.2, 0) is 9.53 Å². The van der Waals surface area contributed by atoms with Gasteiger partial charge in [0.2, 0.25) is 0 Å². The first kappa shape index (κ1) is 14.1. The fourth-order valence-electron chi connectivity index (χ4n) is 2.49. The molecule has 1 aromatic heterocycles. The quantitative estimate of drug-likeness (QED) is 0.792. The molecule has 2 heterocycles. The van der Waals surface area contributed by atoms with Gasteiger partial charge in [-0.3, -0.25) is 9.69 Å². The number of esters is 1. The fraction of sp³-hybridized carbons (Fsp3) is 0.643. The monoisotopic (exact) mass is 266 g/mol. The van der Waals surface area contributed by atoms with Crippen LogP contribution in [-0.4, -0.2) is 43.7 Å². The SMILES string of the molecule is COC(=O)C(C)NCC(c1ccco1)N1CCCC1. The number of furan rings is 1. The van der Waals surface area contributed by atoms with Gasteiger partial charge in [-0.2, -0.15) is 0 Å². The molecule has 2 unspecified atom stereocenters. The van der Waals surface area contributed by atoms with Crippen molar-refractivity contribution in [1.29, 1.82) is 0 Å². The maximum absolute atomic E-state index is 11.4. The highest BCUT2D eigenvalue weighted by atomic mass is 16.5. The lowest BCUT2D eigenvalue weighted by Gasteiger charge is -2.27. The van der Waals surface area contributed by atoms with Gasteiger partial charge in [-0.25, -0.2) is 0 Å². The van der Waals surface area contributed by atoms with E-state index in [0.717, 1.165) is 18.8 Å². The first-order valence-electron chi connectivity index (χ1n) is 6.81. The van der Waals surface area contributed by atoms with E-state index in [-0.39, 0.29) is 18.1 Å². The van der Waals surface area contributed by atoms with Crippen molar-refractivity contribution < 1.29 is 13.9 Å². The summed E-state index contributed by atoms with van der Waals surface area (Å²) in [5.41, 5.74) is 0. The summed E-state index contributed by atoms with van der Waals surface area (Å²) < 4.78 is 10.3. The van der Waals surface area contributed by atoms with Gasteiger partial charge in [0, 0.05) is 6.54 Å². The molecule has 2 atom stereocenters. The Morgan fingerprint density at radius 1 is 1.53 bits per heavy atom. The molecule has 2 rings (SSSR count). The Balaban J connectivity index is 1.96. The third kappa shape index (κ3) is 3.58. The maximum Gasteiger partial charge on any atom is 0.322 e. The lowest BCUT2D eigenvalue weighted by atomic mass is 10.2. The first-order chi connectivity index (χ1) is 9.22. The smallest absolute Gasteiger partial charge is 0.322 e. The second kappa shape index (κ2) is 6.73. The number of carbonyl (C=O) groups is 1. The van der Waals surface area contributed by atoms with E-state index in [2.05, 4.69) is 10.2 Å². The zero-order valence-corrected chi connectivity index (χ0v) is 11.6. The number of hydrogen-bond acceptors (Lipinski definition) is 5. The van der Waals surface area contributed by atoms with Gasteiger partial charge in [0.1, 0.15) is 11.8 Å². The van der Waals surface area contributed by atoms with Crippen molar-refractivity contribution in [3.63, 3.8) is 0 Å². The van der Waals surface area contributed by atoms with E-state index < -0.39 is 0 Å². The Morgan fingerprint density at radius 3 is 2.84 bits per heavy atom. The highest BCUT2D eigenvalue weighted by Crippen LogP contribution is 2.24. The Morgan fingerprint density at radius 2 is 2.26 bits per heavy atom. The van der Waals surface area contributed by atoms with E-state index in [4.69, 9.17) is 9.15 Å². The standard InChI is InChI=1S/C14H22N2O3/c1-11(14(17)18-2)15-10-12(13-6-5-9-19-13)16-7-3-4-8-16/h5-6,9,11-12,15H,3-4,7-8,10H2,1-2H3. The molecule has 0 amide bonds. The van der Waals surface area contributed by atoms with Crippen molar-refractivity contribution in [3.05, 3.63) is 24.2 Å². The molecule has 0 saturated carbocycles. The number of nitrogens with zero attached hydrogens (tertiary/aromatic N) is 1. The molecule has 5 heteroatoms. The van der Waals surface area contributed by atoms with E-state index in [1.54, 1.807) is 6.26 Å². The number of carbonyl (C=O) groups excluding carboxylic acids is 1. The predicted octanol–water partition coefficient (Wildman–Crippen LogP) is 1.57. The third-order valence-electron chi connectivity index (χ3n) is 3.63. The highest BCUT2D eigenvalue weighted by Gasteiger charge is 2.26. The van der Waals surface area contributed by atoms with E-state index >= 15 is 0 Å². The van der Waals surface area contributed by atoms with Gasteiger partial charge in [-0.15, -0.1) is 0 Å². The second-order valence-electron chi connectivity index (χ2n) is 4.93. The van der Waals surface area contributed by atoms with Gasteiger partial charge in [0.05, 0.1) is 19.4 Å². The number of nitrogens with one attached hydrogen (secondary N) is 1. The van der Waals surface area contributed by atoms with Gasteiger partial charge >= 0.3 is 5.97 Å². The van der Waals surface area contributed by atoms with Gasteiger partial charge in [-0.05, 0) is 45.0 Å². The summed E-state index contributed by atoms with van der Waals surface area (Å²) in [7, 11) is 1.41. The Labute approximate surface area is 113 Å². The van der Waals surface area contributed by atoms with Gasteiger partial charge in [0.25, 0.3) is 0 Å². The molecule has 1 N–H and O–H groups in total. The van der Waals surface area contributed by atoms with Crippen LogP contribution in [0.5, 0.6) is 0 Å². The molecule has 19 heavy (non-hydrogen) atoms. The van der Waals surface area contributed by atoms with E-state index in [9.17, 15) is 4.79 Å². The molecule has 0 aromatic carbocycles. The first-order valence-corrected chi connectivity index (χ1v) is 6.81. The van der Waals surface area contributed by atoms with E-state index in [0.29, 0.717) is 6.54 Å². The number of methoxy groups -OCH3 is 1. The summed E-state index contributed by atoms with van der Waals surface area (Å²) in [6, 6.07) is 3.78. The van der Waals surface area contributed by atoms with Crippen molar-refractivity contribution in [1.82, 2.24) is 10.2 Å². The van der Waals surface area contributed by atoms with Gasteiger partial charge < -0.3 is 14.5 Å². The van der Waals surface area contributed by atoms with Gasteiger partial charge in [-0.1, -0.05) is 0 Å². The minimum atomic E-state index is -0.301. The molecule has 0 radical (unpaired) electrons. The molecule has 1 aliphatic rings. The Bertz CT molecular complexity index is 385. The fourth-order valence-corrected chi connectivity index (χ4v) is 2.49. The van der Waals surface area contributed by atoms with Crippen LogP contribution < -0.4 is 5.32 Å². The summed E-state index contributed by atoms with van der Waals surface area (Å²) in [6.07, 6.45) is 4.15. The number of likely N-dealkylation sites (tertiary alicyclic amines) is 1. The molecule has 0 spiro atoms. The van der Waals surface area contributed by atoms with Crippen LogP contribution in [0.4, 0.5) is 0 Å². The van der Waals surface area contributed by atoms with Crippen LogP contribution in [0, 0.1) is 0 Å². The lowest BCUT2D eigenvalue weighted by molar-refractivity contribution is -0.142. The largest absolute Gasteiger partial charge is 0.468 e. The molecule has 1 saturated heterocycles. The van der Waals surface area contributed by atoms with Crippen molar-refractivity contribution >= 4 is 5.97 Å². The molecule has 0 aliphatic carbocycles. The number of ether oxygens (including phenoxy) is 1. The van der Waals surface area contributed by atoms with Crippen molar-refractivity contribution in [3.8, 4) is 0 Å². The number of rotatable bonds is 6. The summed E-state index contributed by atoms with van der Waals surface area (Å²) in [4.78, 5) is 13.8. The molecule has 1 fully saturated rings. The normalized spacial score (nSPS) is 19.3. The lowest BCUT2D eigenvalue weighted by Crippen LogP contribution is -2.41. The average Bonchev–Trinajstić information content (AvgIpc) is 3.11.